The Bertz CT molecular complexity index is 823. The summed E-state index contributed by atoms with van der Waals surface area (Å²) in [6, 6.07) is 5.81. The lowest BCUT2D eigenvalue weighted by Crippen LogP contribution is -2.39. The third-order valence-electron chi connectivity index (χ3n) is 5.38. The van der Waals surface area contributed by atoms with Gasteiger partial charge in [-0.05, 0) is 50.3 Å². The number of non-ortho nitro benzene ring substituents is 1. The quantitative estimate of drug-likeness (QED) is 0.396. The molecule has 0 radical (unpaired) electrons. The van der Waals surface area contributed by atoms with Gasteiger partial charge in [0.25, 0.3) is 17.5 Å². The van der Waals surface area contributed by atoms with Crippen LogP contribution in [0.2, 0.25) is 0 Å². The number of likely N-dealkylation sites (tertiary alicyclic amines) is 1. The summed E-state index contributed by atoms with van der Waals surface area (Å²) >= 11 is 0. The zero-order chi connectivity index (χ0) is 21.1. The summed E-state index contributed by atoms with van der Waals surface area (Å²) in [6.45, 7) is 7.85. The van der Waals surface area contributed by atoms with Crippen LogP contribution in [0.3, 0.4) is 0 Å². The summed E-state index contributed by atoms with van der Waals surface area (Å²) in [6.07, 6.45) is 1.91. The van der Waals surface area contributed by atoms with Crippen molar-refractivity contribution in [2.24, 2.45) is 5.92 Å². The minimum Gasteiger partial charge on any atom is -0.377 e. The van der Waals surface area contributed by atoms with Gasteiger partial charge in [0.1, 0.15) is 5.70 Å². The van der Waals surface area contributed by atoms with Crippen molar-refractivity contribution in [1.82, 2.24) is 9.80 Å². The second kappa shape index (κ2) is 8.73. The highest BCUT2D eigenvalue weighted by atomic mass is 16.6. The molecule has 0 saturated carbocycles. The number of carbonyl (C=O) groups excluding carboxylic acids is 2. The normalized spacial score (nSPS) is 18.3. The highest BCUT2D eigenvalue weighted by Gasteiger charge is 2.42. The SMILES string of the molecule is CC1CCN(C2=C(c3ccc([N+](=O)[O-])cc3)C(=O)N(CCOC(C)C)C2=O)CC1. The Morgan fingerprint density at radius 1 is 1.14 bits per heavy atom. The Hall–Kier alpha value is -2.74. The minimum absolute atomic E-state index is 0.00737. The number of rotatable bonds is 7. The predicted molar refractivity (Wildman–Crippen MR) is 108 cm³/mol. The molecular weight excluding hydrogens is 374 g/mol. The van der Waals surface area contributed by atoms with Gasteiger partial charge in [-0.1, -0.05) is 6.92 Å². The van der Waals surface area contributed by atoms with Crippen LogP contribution in [0.5, 0.6) is 0 Å². The fraction of sp³-hybridized carbons (Fsp3) is 0.524. The summed E-state index contributed by atoms with van der Waals surface area (Å²) in [5, 5.41) is 11.0. The molecule has 1 saturated heterocycles. The molecule has 0 atom stereocenters. The molecule has 2 aliphatic heterocycles. The topological polar surface area (TPSA) is 93.0 Å². The van der Waals surface area contributed by atoms with Gasteiger partial charge in [0, 0.05) is 25.2 Å². The molecule has 2 aliphatic rings. The Morgan fingerprint density at radius 3 is 2.31 bits per heavy atom. The van der Waals surface area contributed by atoms with Crippen molar-refractivity contribution in [3.8, 4) is 0 Å². The monoisotopic (exact) mass is 401 g/mol. The van der Waals surface area contributed by atoms with Crippen molar-refractivity contribution in [3.63, 3.8) is 0 Å². The van der Waals surface area contributed by atoms with E-state index in [-0.39, 0.29) is 36.8 Å². The zero-order valence-electron chi connectivity index (χ0n) is 17.1. The maximum atomic E-state index is 13.2. The number of nitro groups is 1. The number of imide groups is 1. The maximum Gasteiger partial charge on any atom is 0.277 e. The molecule has 2 amide bonds. The lowest BCUT2D eigenvalue weighted by molar-refractivity contribution is -0.384. The summed E-state index contributed by atoms with van der Waals surface area (Å²) < 4.78 is 5.53. The van der Waals surface area contributed by atoms with E-state index in [1.807, 2.05) is 18.7 Å². The maximum absolute atomic E-state index is 13.2. The first kappa shape index (κ1) is 21.0. The molecule has 156 valence electrons. The van der Waals surface area contributed by atoms with E-state index in [4.69, 9.17) is 4.74 Å². The van der Waals surface area contributed by atoms with Crippen molar-refractivity contribution >= 4 is 23.1 Å². The first-order valence-electron chi connectivity index (χ1n) is 10.0. The summed E-state index contributed by atoms with van der Waals surface area (Å²) in [7, 11) is 0. The molecule has 0 aliphatic carbocycles. The smallest absolute Gasteiger partial charge is 0.277 e. The number of carbonyl (C=O) groups is 2. The molecule has 29 heavy (non-hydrogen) atoms. The first-order valence-corrected chi connectivity index (χ1v) is 10.0. The molecule has 8 heteroatoms. The van der Waals surface area contributed by atoms with Gasteiger partial charge >= 0.3 is 0 Å². The van der Waals surface area contributed by atoms with Crippen LogP contribution in [0.25, 0.3) is 5.57 Å². The lowest BCUT2D eigenvalue weighted by atomic mass is 9.97. The Kier molecular flexibility index (Phi) is 6.32. The molecule has 0 aromatic heterocycles. The van der Waals surface area contributed by atoms with E-state index in [1.54, 1.807) is 12.1 Å². The van der Waals surface area contributed by atoms with Crippen LogP contribution < -0.4 is 0 Å². The van der Waals surface area contributed by atoms with Crippen molar-refractivity contribution in [2.45, 2.75) is 39.7 Å². The van der Waals surface area contributed by atoms with Gasteiger partial charge in [-0.25, -0.2) is 0 Å². The van der Waals surface area contributed by atoms with E-state index in [0.29, 0.717) is 35.8 Å². The third kappa shape index (κ3) is 4.48. The molecule has 8 nitrogen and oxygen atoms in total. The van der Waals surface area contributed by atoms with Gasteiger partial charge in [-0.3, -0.25) is 24.6 Å². The van der Waals surface area contributed by atoms with E-state index in [0.717, 1.165) is 12.8 Å². The molecule has 0 spiro atoms. The van der Waals surface area contributed by atoms with Crippen LogP contribution in [0, 0.1) is 16.0 Å². The van der Waals surface area contributed by atoms with Crippen LogP contribution in [0.4, 0.5) is 5.69 Å². The number of hydrogen-bond donors (Lipinski definition) is 0. The highest BCUT2D eigenvalue weighted by molar-refractivity contribution is 6.35. The van der Waals surface area contributed by atoms with E-state index in [9.17, 15) is 19.7 Å². The molecule has 3 rings (SSSR count). The first-order chi connectivity index (χ1) is 13.8. The van der Waals surface area contributed by atoms with Crippen LogP contribution in [-0.2, 0) is 14.3 Å². The van der Waals surface area contributed by atoms with Crippen LogP contribution >= 0.6 is 0 Å². The van der Waals surface area contributed by atoms with Gasteiger partial charge in [0.05, 0.1) is 29.8 Å². The molecular formula is C21H27N3O5. The van der Waals surface area contributed by atoms with Gasteiger partial charge < -0.3 is 9.64 Å². The number of amides is 2. The molecule has 2 heterocycles. The van der Waals surface area contributed by atoms with E-state index >= 15 is 0 Å². The number of hydrogen-bond acceptors (Lipinski definition) is 6. The van der Waals surface area contributed by atoms with Crippen LogP contribution in [-0.4, -0.2) is 58.9 Å². The fourth-order valence-corrected chi connectivity index (χ4v) is 3.68. The van der Waals surface area contributed by atoms with Crippen molar-refractivity contribution in [2.75, 3.05) is 26.2 Å². The van der Waals surface area contributed by atoms with Gasteiger partial charge in [-0.15, -0.1) is 0 Å². The summed E-state index contributed by atoms with van der Waals surface area (Å²) in [5.41, 5.74) is 1.20. The number of ether oxygens (including phenoxy) is 1. The Morgan fingerprint density at radius 2 is 1.76 bits per heavy atom. The second-order valence-corrected chi connectivity index (χ2v) is 7.88. The average molecular weight is 401 g/mol. The van der Waals surface area contributed by atoms with Crippen molar-refractivity contribution in [3.05, 3.63) is 45.6 Å². The summed E-state index contributed by atoms with van der Waals surface area (Å²) in [5.74, 6) is -0.104. The van der Waals surface area contributed by atoms with Crippen LogP contribution in [0.15, 0.2) is 30.0 Å². The molecule has 1 aromatic rings. The standard InChI is InChI=1S/C21H27N3O5/c1-14(2)29-13-12-23-20(25)18(16-4-6-17(7-5-16)24(27)28)19(21(23)26)22-10-8-15(3)9-11-22/h4-7,14-15H,8-13H2,1-3H3. The molecule has 0 N–H and O–H groups in total. The number of piperidine rings is 1. The van der Waals surface area contributed by atoms with Gasteiger partial charge in [0.15, 0.2) is 0 Å². The Labute approximate surface area is 170 Å². The van der Waals surface area contributed by atoms with Gasteiger partial charge in [-0.2, -0.15) is 0 Å². The highest BCUT2D eigenvalue weighted by Crippen LogP contribution is 2.34. The second-order valence-electron chi connectivity index (χ2n) is 7.88. The number of benzene rings is 1. The molecule has 0 bridgehead atoms. The minimum atomic E-state index is -0.484. The van der Waals surface area contributed by atoms with Crippen molar-refractivity contribution in [1.29, 1.82) is 0 Å². The summed E-state index contributed by atoms with van der Waals surface area (Å²) in [4.78, 5) is 40.0. The van der Waals surface area contributed by atoms with E-state index in [2.05, 4.69) is 6.92 Å². The van der Waals surface area contributed by atoms with E-state index in [1.165, 1.54) is 17.0 Å². The fourth-order valence-electron chi connectivity index (χ4n) is 3.68. The zero-order valence-corrected chi connectivity index (χ0v) is 17.1. The lowest BCUT2D eigenvalue weighted by Gasteiger charge is -2.32. The van der Waals surface area contributed by atoms with Crippen LogP contribution in [0.1, 0.15) is 39.2 Å². The Balaban J connectivity index is 1.94. The van der Waals surface area contributed by atoms with E-state index < -0.39 is 4.92 Å². The molecule has 0 unspecified atom stereocenters. The predicted octanol–water partition coefficient (Wildman–Crippen LogP) is 2.83. The average Bonchev–Trinajstić information content (AvgIpc) is 2.93. The van der Waals surface area contributed by atoms with Gasteiger partial charge in [0.2, 0.25) is 0 Å². The number of nitro benzene ring substituents is 1. The largest absolute Gasteiger partial charge is 0.377 e. The molecule has 1 fully saturated rings. The van der Waals surface area contributed by atoms with Crippen molar-refractivity contribution < 1.29 is 19.2 Å². The third-order valence-corrected chi connectivity index (χ3v) is 5.38. The number of nitrogens with zero attached hydrogens (tertiary/aromatic N) is 3. The molecule has 1 aromatic carbocycles.